The Morgan fingerprint density at radius 3 is 2.75 bits per heavy atom. The fraction of sp³-hybridized carbons (Fsp3) is 0.250. The zero-order valence-corrected chi connectivity index (χ0v) is 9.06. The molecule has 1 rings (SSSR count). The Bertz CT molecular complexity index is 410. The molecular formula is C12H14O4. The van der Waals surface area contributed by atoms with Gasteiger partial charge in [0, 0.05) is 5.56 Å². The minimum Gasteiger partial charge on any atom is -0.504 e. The summed E-state index contributed by atoms with van der Waals surface area (Å²) in [6, 6.07) is 3.32. The predicted molar refractivity (Wildman–Crippen MR) is 59.9 cm³/mol. The van der Waals surface area contributed by atoms with Crippen LogP contribution in [0.5, 0.6) is 11.5 Å². The van der Waals surface area contributed by atoms with Crippen molar-refractivity contribution >= 4 is 5.97 Å². The van der Waals surface area contributed by atoms with Crippen LogP contribution in [0.4, 0.5) is 0 Å². The number of phenolic OH excluding ortho intramolecular Hbond substituents is 1. The van der Waals surface area contributed by atoms with Crippen LogP contribution < -0.4 is 4.74 Å². The summed E-state index contributed by atoms with van der Waals surface area (Å²) in [5, 5.41) is 18.4. The van der Waals surface area contributed by atoms with E-state index in [4.69, 9.17) is 9.84 Å². The monoisotopic (exact) mass is 222 g/mol. The summed E-state index contributed by atoms with van der Waals surface area (Å²) in [4.78, 5) is 10.6. The summed E-state index contributed by atoms with van der Waals surface area (Å²) < 4.78 is 4.98. The highest BCUT2D eigenvalue weighted by Gasteiger charge is 2.12. The molecule has 0 spiro atoms. The molecule has 0 saturated carbocycles. The van der Waals surface area contributed by atoms with E-state index in [1.165, 1.54) is 7.11 Å². The molecule has 0 saturated heterocycles. The standard InChI is InChI=1S/C12H14O4/c1-3-4-8-5-9(7-11(13)14)12(15)10(6-8)16-2/h3,5-6,15H,1,4,7H2,2H3,(H,13,14). The second-order valence-corrected chi connectivity index (χ2v) is 3.37. The Morgan fingerprint density at radius 2 is 2.25 bits per heavy atom. The second-order valence-electron chi connectivity index (χ2n) is 3.37. The number of rotatable bonds is 5. The van der Waals surface area contributed by atoms with E-state index >= 15 is 0 Å². The lowest BCUT2D eigenvalue weighted by molar-refractivity contribution is -0.136. The number of aromatic hydroxyl groups is 1. The van der Waals surface area contributed by atoms with Crippen molar-refractivity contribution in [2.24, 2.45) is 0 Å². The van der Waals surface area contributed by atoms with Gasteiger partial charge in [-0.3, -0.25) is 4.79 Å². The van der Waals surface area contributed by atoms with Gasteiger partial charge in [0.15, 0.2) is 11.5 Å². The zero-order chi connectivity index (χ0) is 12.1. The topological polar surface area (TPSA) is 66.8 Å². The number of methoxy groups -OCH3 is 1. The number of aliphatic carboxylic acids is 1. The van der Waals surface area contributed by atoms with Crippen LogP contribution in [0.15, 0.2) is 24.8 Å². The molecule has 0 fully saturated rings. The van der Waals surface area contributed by atoms with Crippen molar-refractivity contribution in [2.75, 3.05) is 7.11 Å². The number of benzene rings is 1. The van der Waals surface area contributed by atoms with Crippen LogP contribution in [-0.2, 0) is 17.6 Å². The highest BCUT2D eigenvalue weighted by atomic mass is 16.5. The van der Waals surface area contributed by atoms with Gasteiger partial charge in [-0.2, -0.15) is 0 Å². The van der Waals surface area contributed by atoms with E-state index < -0.39 is 5.97 Å². The molecule has 0 aliphatic rings. The summed E-state index contributed by atoms with van der Waals surface area (Å²) in [7, 11) is 1.43. The van der Waals surface area contributed by atoms with Crippen molar-refractivity contribution in [3.63, 3.8) is 0 Å². The van der Waals surface area contributed by atoms with Gasteiger partial charge in [0.25, 0.3) is 0 Å². The average molecular weight is 222 g/mol. The lowest BCUT2D eigenvalue weighted by Gasteiger charge is -2.10. The summed E-state index contributed by atoms with van der Waals surface area (Å²) in [5.74, 6) is -0.818. The zero-order valence-electron chi connectivity index (χ0n) is 9.06. The molecule has 4 heteroatoms. The number of ether oxygens (including phenoxy) is 1. The van der Waals surface area contributed by atoms with Crippen LogP contribution in [0.2, 0.25) is 0 Å². The Morgan fingerprint density at radius 1 is 1.56 bits per heavy atom. The average Bonchev–Trinajstić information content (AvgIpc) is 2.22. The lowest BCUT2D eigenvalue weighted by Crippen LogP contribution is -2.02. The number of phenols is 1. The van der Waals surface area contributed by atoms with Gasteiger partial charge in [-0.25, -0.2) is 0 Å². The molecule has 86 valence electrons. The number of hydrogen-bond donors (Lipinski definition) is 2. The molecule has 0 heterocycles. The highest BCUT2D eigenvalue weighted by Crippen LogP contribution is 2.32. The number of carboxylic acid groups (broad SMARTS) is 1. The van der Waals surface area contributed by atoms with Gasteiger partial charge in [0.2, 0.25) is 0 Å². The number of carbonyl (C=O) groups is 1. The minimum atomic E-state index is -0.992. The van der Waals surface area contributed by atoms with E-state index in [0.29, 0.717) is 12.0 Å². The Hall–Kier alpha value is -1.97. The van der Waals surface area contributed by atoms with E-state index in [1.54, 1.807) is 18.2 Å². The first kappa shape index (κ1) is 12.1. The van der Waals surface area contributed by atoms with E-state index in [-0.39, 0.29) is 17.9 Å². The molecule has 1 aromatic carbocycles. The summed E-state index contributed by atoms with van der Waals surface area (Å²) in [6.07, 6.45) is 2.08. The Labute approximate surface area is 93.8 Å². The maximum Gasteiger partial charge on any atom is 0.307 e. The van der Waals surface area contributed by atoms with Crippen molar-refractivity contribution in [3.05, 3.63) is 35.9 Å². The van der Waals surface area contributed by atoms with Gasteiger partial charge >= 0.3 is 5.97 Å². The molecule has 4 nitrogen and oxygen atoms in total. The third-order valence-electron chi connectivity index (χ3n) is 2.16. The summed E-state index contributed by atoms with van der Waals surface area (Å²) in [5.41, 5.74) is 1.21. The maximum atomic E-state index is 10.6. The first-order valence-electron chi connectivity index (χ1n) is 4.80. The SMILES string of the molecule is C=CCc1cc(CC(=O)O)c(O)c(OC)c1. The maximum absolute atomic E-state index is 10.6. The van der Waals surface area contributed by atoms with Crippen LogP contribution in [0.25, 0.3) is 0 Å². The van der Waals surface area contributed by atoms with Crippen molar-refractivity contribution in [1.29, 1.82) is 0 Å². The molecule has 0 unspecified atom stereocenters. The number of allylic oxidation sites excluding steroid dienone is 1. The Kier molecular flexibility index (Phi) is 3.94. The van der Waals surface area contributed by atoms with Crippen LogP contribution in [0.3, 0.4) is 0 Å². The fourth-order valence-corrected chi connectivity index (χ4v) is 1.47. The third-order valence-corrected chi connectivity index (χ3v) is 2.16. The largest absolute Gasteiger partial charge is 0.504 e. The van der Waals surface area contributed by atoms with E-state index in [9.17, 15) is 9.90 Å². The van der Waals surface area contributed by atoms with Gasteiger partial charge < -0.3 is 14.9 Å². The molecule has 1 aromatic rings. The van der Waals surface area contributed by atoms with Crippen molar-refractivity contribution in [1.82, 2.24) is 0 Å². The van der Waals surface area contributed by atoms with Crippen LogP contribution in [-0.4, -0.2) is 23.3 Å². The van der Waals surface area contributed by atoms with E-state index in [0.717, 1.165) is 5.56 Å². The Balaban J connectivity index is 3.17. The van der Waals surface area contributed by atoms with Gasteiger partial charge in [-0.15, -0.1) is 6.58 Å². The first-order chi connectivity index (χ1) is 7.58. The van der Waals surface area contributed by atoms with Crippen molar-refractivity contribution in [2.45, 2.75) is 12.8 Å². The third kappa shape index (κ3) is 2.76. The lowest BCUT2D eigenvalue weighted by atomic mass is 10.0. The molecule has 0 bridgehead atoms. The van der Waals surface area contributed by atoms with Gasteiger partial charge in [0.1, 0.15) is 0 Å². The van der Waals surface area contributed by atoms with E-state index in [1.807, 2.05) is 0 Å². The molecule has 2 N–H and O–H groups in total. The summed E-state index contributed by atoms with van der Waals surface area (Å²) >= 11 is 0. The van der Waals surface area contributed by atoms with E-state index in [2.05, 4.69) is 6.58 Å². The molecule has 16 heavy (non-hydrogen) atoms. The normalized spacial score (nSPS) is 9.81. The number of carboxylic acids is 1. The van der Waals surface area contributed by atoms with Gasteiger partial charge in [-0.1, -0.05) is 12.1 Å². The van der Waals surface area contributed by atoms with Gasteiger partial charge in [-0.05, 0) is 18.1 Å². The minimum absolute atomic E-state index is 0.113. The molecule has 0 amide bonds. The smallest absolute Gasteiger partial charge is 0.307 e. The van der Waals surface area contributed by atoms with Gasteiger partial charge in [0.05, 0.1) is 13.5 Å². The van der Waals surface area contributed by atoms with Crippen LogP contribution >= 0.6 is 0 Å². The van der Waals surface area contributed by atoms with Crippen LogP contribution in [0.1, 0.15) is 11.1 Å². The molecule has 0 aliphatic heterocycles. The fourth-order valence-electron chi connectivity index (χ4n) is 1.47. The number of hydrogen-bond acceptors (Lipinski definition) is 3. The summed E-state index contributed by atoms with van der Waals surface area (Å²) in [6.45, 7) is 3.60. The van der Waals surface area contributed by atoms with Crippen molar-refractivity contribution in [3.8, 4) is 11.5 Å². The highest BCUT2D eigenvalue weighted by molar-refractivity contribution is 5.72. The molecule has 0 aromatic heterocycles. The molecule has 0 radical (unpaired) electrons. The quantitative estimate of drug-likeness (QED) is 0.745. The predicted octanol–water partition coefficient (Wildman–Crippen LogP) is 1.76. The van der Waals surface area contributed by atoms with Crippen molar-refractivity contribution < 1.29 is 19.7 Å². The molecule has 0 atom stereocenters. The van der Waals surface area contributed by atoms with Crippen LogP contribution in [0, 0.1) is 0 Å². The first-order valence-corrected chi connectivity index (χ1v) is 4.80. The molecule has 0 aliphatic carbocycles. The second kappa shape index (κ2) is 5.21. The molecular weight excluding hydrogens is 208 g/mol.